The molecule has 0 aliphatic heterocycles. The first-order chi connectivity index (χ1) is 10.1. The zero-order chi connectivity index (χ0) is 15.2. The standard InChI is InChI=1S/C16H14Br2F2O/c17-7-5-11-9-13(19)1-3-15(11)21-16-4-2-14(20)10-12(16)6-8-18/h1-4,9-10H,5-8H2. The summed E-state index contributed by atoms with van der Waals surface area (Å²) in [4.78, 5) is 0. The van der Waals surface area contributed by atoms with Gasteiger partial charge >= 0.3 is 0 Å². The summed E-state index contributed by atoms with van der Waals surface area (Å²) in [6.07, 6.45) is 1.31. The van der Waals surface area contributed by atoms with Crippen molar-refractivity contribution in [1.29, 1.82) is 0 Å². The molecule has 2 aromatic rings. The Bertz CT molecular complexity index is 564. The first-order valence-electron chi connectivity index (χ1n) is 6.50. The third-order valence-corrected chi connectivity index (χ3v) is 3.79. The van der Waals surface area contributed by atoms with Crippen LogP contribution in [0.15, 0.2) is 36.4 Å². The number of ether oxygens (including phenoxy) is 1. The molecule has 0 radical (unpaired) electrons. The van der Waals surface area contributed by atoms with Crippen molar-refractivity contribution in [2.45, 2.75) is 12.8 Å². The summed E-state index contributed by atoms with van der Waals surface area (Å²) in [7, 11) is 0. The Balaban J connectivity index is 2.33. The summed E-state index contributed by atoms with van der Waals surface area (Å²) < 4.78 is 32.6. The van der Waals surface area contributed by atoms with Crippen LogP contribution >= 0.6 is 31.9 Å². The van der Waals surface area contributed by atoms with Crippen LogP contribution in [0.4, 0.5) is 8.78 Å². The largest absolute Gasteiger partial charge is 0.457 e. The molecule has 0 fully saturated rings. The highest BCUT2D eigenvalue weighted by Crippen LogP contribution is 2.30. The van der Waals surface area contributed by atoms with Crippen molar-refractivity contribution in [2.24, 2.45) is 0 Å². The molecule has 21 heavy (non-hydrogen) atoms. The van der Waals surface area contributed by atoms with E-state index in [9.17, 15) is 8.78 Å². The summed E-state index contributed by atoms with van der Waals surface area (Å²) in [6, 6.07) is 8.86. The molecule has 2 aromatic carbocycles. The molecule has 2 rings (SSSR count). The highest BCUT2D eigenvalue weighted by molar-refractivity contribution is 9.09. The average Bonchev–Trinajstić information content (AvgIpc) is 2.45. The molecule has 0 bridgehead atoms. The summed E-state index contributed by atoms with van der Waals surface area (Å²) in [5.74, 6) is 0.604. The molecule has 0 unspecified atom stereocenters. The molecule has 0 aromatic heterocycles. The number of hydrogen-bond acceptors (Lipinski definition) is 1. The van der Waals surface area contributed by atoms with Crippen LogP contribution in [-0.2, 0) is 12.8 Å². The maximum absolute atomic E-state index is 13.3. The molecule has 0 saturated heterocycles. The zero-order valence-electron chi connectivity index (χ0n) is 11.2. The minimum Gasteiger partial charge on any atom is -0.457 e. The van der Waals surface area contributed by atoms with Crippen LogP contribution in [0.1, 0.15) is 11.1 Å². The van der Waals surface area contributed by atoms with Gasteiger partial charge in [0.2, 0.25) is 0 Å². The molecule has 5 heteroatoms. The lowest BCUT2D eigenvalue weighted by atomic mass is 10.1. The minimum absolute atomic E-state index is 0.293. The lowest BCUT2D eigenvalue weighted by Crippen LogP contribution is -1.98. The fourth-order valence-electron chi connectivity index (χ4n) is 2.01. The van der Waals surface area contributed by atoms with Crippen LogP contribution in [0, 0.1) is 11.6 Å². The molecule has 0 amide bonds. The van der Waals surface area contributed by atoms with E-state index < -0.39 is 0 Å². The number of hydrogen-bond donors (Lipinski definition) is 0. The van der Waals surface area contributed by atoms with Gasteiger partial charge in [0.05, 0.1) is 0 Å². The quantitative estimate of drug-likeness (QED) is 0.551. The fraction of sp³-hybridized carbons (Fsp3) is 0.250. The lowest BCUT2D eigenvalue weighted by Gasteiger charge is -2.14. The monoisotopic (exact) mass is 418 g/mol. The van der Waals surface area contributed by atoms with Crippen molar-refractivity contribution in [3.8, 4) is 11.5 Å². The first kappa shape index (κ1) is 16.4. The third kappa shape index (κ3) is 4.51. The highest BCUT2D eigenvalue weighted by atomic mass is 79.9. The van der Waals surface area contributed by atoms with Gasteiger partial charge in [-0.2, -0.15) is 0 Å². The van der Waals surface area contributed by atoms with Gasteiger partial charge in [0, 0.05) is 10.7 Å². The van der Waals surface area contributed by atoms with Crippen LogP contribution in [0.25, 0.3) is 0 Å². The van der Waals surface area contributed by atoms with Crippen molar-refractivity contribution in [2.75, 3.05) is 10.7 Å². The van der Waals surface area contributed by atoms with E-state index in [-0.39, 0.29) is 11.6 Å². The van der Waals surface area contributed by atoms with Crippen molar-refractivity contribution in [3.05, 3.63) is 59.2 Å². The van der Waals surface area contributed by atoms with Gasteiger partial charge in [0.15, 0.2) is 0 Å². The van der Waals surface area contributed by atoms with E-state index in [0.29, 0.717) is 35.0 Å². The van der Waals surface area contributed by atoms with Gasteiger partial charge in [0.25, 0.3) is 0 Å². The number of alkyl halides is 2. The molecule has 0 saturated carbocycles. The molecule has 112 valence electrons. The average molecular weight is 420 g/mol. The Kier molecular flexibility index (Phi) is 6.18. The van der Waals surface area contributed by atoms with Gasteiger partial charge in [-0.15, -0.1) is 0 Å². The second kappa shape index (κ2) is 7.90. The Morgan fingerprint density at radius 1 is 0.762 bits per heavy atom. The first-order valence-corrected chi connectivity index (χ1v) is 8.75. The Morgan fingerprint density at radius 3 is 1.57 bits per heavy atom. The summed E-state index contributed by atoms with van der Waals surface area (Å²) in [5, 5.41) is 1.43. The van der Waals surface area contributed by atoms with Crippen LogP contribution < -0.4 is 4.74 Å². The molecule has 0 heterocycles. The molecule has 0 aliphatic rings. The van der Waals surface area contributed by atoms with Gasteiger partial charge in [0.1, 0.15) is 23.1 Å². The maximum Gasteiger partial charge on any atom is 0.130 e. The number of benzene rings is 2. The van der Waals surface area contributed by atoms with E-state index in [1.54, 1.807) is 12.1 Å². The Morgan fingerprint density at radius 2 is 1.19 bits per heavy atom. The predicted molar refractivity (Wildman–Crippen MR) is 87.9 cm³/mol. The number of rotatable bonds is 6. The normalized spacial score (nSPS) is 10.7. The van der Waals surface area contributed by atoms with Gasteiger partial charge in [-0.25, -0.2) is 8.78 Å². The van der Waals surface area contributed by atoms with E-state index >= 15 is 0 Å². The second-order valence-corrected chi connectivity index (χ2v) is 6.07. The van der Waals surface area contributed by atoms with E-state index in [1.807, 2.05) is 0 Å². The van der Waals surface area contributed by atoms with E-state index in [2.05, 4.69) is 31.9 Å². The van der Waals surface area contributed by atoms with Crippen molar-refractivity contribution >= 4 is 31.9 Å². The molecule has 0 N–H and O–H groups in total. The van der Waals surface area contributed by atoms with Crippen molar-refractivity contribution in [3.63, 3.8) is 0 Å². The predicted octanol–water partition coefficient (Wildman–Crippen LogP) is 5.63. The van der Waals surface area contributed by atoms with E-state index in [4.69, 9.17) is 4.74 Å². The SMILES string of the molecule is Fc1ccc(Oc2ccc(F)cc2CCBr)c(CCBr)c1. The number of halogens is 4. The van der Waals surface area contributed by atoms with Crippen molar-refractivity contribution < 1.29 is 13.5 Å². The second-order valence-electron chi connectivity index (χ2n) is 4.48. The Labute approximate surface area is 139 Å². The molecule has 0 spiro atoms. The molecule has 0 aliphatic carbocycles. The third-order valence-electron chi connectivity index (χ3n) is 2.99. The van der Waals surface area contributed by atoms with Crippen molar-refractivity contribution in [1.82, 2.24) is 0 Å². The topological polar surface area (TPSA) is 9.23 Å². The highest BCUT2D eigenvalue weighted by Gasteiger charge is 2.10. The van der Waals surface area contributed by atoms with Crippen LogP contribution in [0.5, 0.6) is 11.5 Å². The smallest absolute Gasteiger partial charge is 0.130 e. The minimum atomic E-state index is -0.293. The summed E-state index contributed by atoms with van der Waals surface area (Å²) >= 11 is 6.69. The van der Waals surface area contributed by atoms with E-state index in [1.165, 1.54) is 24.3 Å². The molecular weight excluding hydrogens is 406 g/mol. The van der Waals surface area contributed by atoms with Gasteiger partial charge in [-0.1, -0.05) is 31.9 Å². The van der Waals surface area contributed by atoms with Gasteiger partial charge in [-0.05, 0) is 60.4 Å². The van der Waals surface area contributed by atoms with Crippen LogP contribution in [-0.4, -0.2) is 10.7 Å². The Hall–Kier alpha value is -0.940. The fourth-order valence-corrected chi connectivity index (χ4v) is 2.86. The van der Waals surface area contributed by atoms with E-state index in [0.717, 1.165) is 11.1 Å². The maximum atomic E-state index is 13.3. The van der Waals surface area contributed by atoms with Crippen LogP contribution in [0.3, 0.4) is 0 Å². The molecule has 0 atom stereocenters. The zero-order valence-corrected chi connectivity index (χ0v) is 14.4. The molecular formula is C16H14Br2F2O. The van der Waals surface area contributed by atoms with Gasteiger partial charge in [-0.3, -0.25) is 0 Å². The van der Waals surface area contributed by atoms with Crippen LogP contribution in [0.2, 0.25) is 0 Å². The summed E-state index contributed by atoms with van der Waals surface area (Å²) in [5.41, 5.74) is 1.56. The van der Waals surface area contributed by atoms with Gasteiger partial charge < -0.3 is 4.74 Å². The summed E-state index contributed by atoms with van der Waals surface area (Å²) in [6.45, 7) is 0. The lowest BCUT2D eigenvalue weighted by molar-refractivity contribution is 0.467. The number of aryl methyl sites for hydroxylation is 2. The molecule has 1 nitrogen and oxygen atoms in total.